The van der Waals surface area contributed by atoms with E-state index >= 15 is 0 Å². The first-order valence-electron chi connectivity index (χ1n) is 6.94. The van der Waals surface area contributed by atoms with Crippen molar-refractivity contribution in [3.05, 3.63) is 59.9 Å². The topological polar surface area (TPSA) is 83.5 Å². The van der Waals surface area contributed by atoms with Crippen molar-refractivity contribution in [2.75, 3.05) is 5.32 Å². The highest BCUT2D eigenvalue weighted by atomic mass is 19.1. The third kappa shape index (κ3) is 4.94. The van der Waals surface area contributed by atoms with Gasteiger partial charge in [-0.3, -0.25) is 14.6 Å². The Hall–Kier alpha value is -3.16. The smallest absolute Gasteiger partial charge is 0.272 e. The second-order valence-corrected chi connectivity index (χ2v) is 4.88. The number of amides is 2. The first kappa shape index (κ1) is 17.2. The van der Waals surface area contributed by atoms with Crippen molar-refractivity contribution in [2.24, 2.45) is 5.10 Å². The molecule has 0 aliphatic heterocycles. The van der Waals surface area contributed by atoms with Crippen LogP contribution >= 0.6 is 0 Å². The van der Waals surface area contributed by atoms with E-state index in [-0.39, 0.29) is 12.1 Å². The zero-order valence-electron chi connectivity index (χ0n) is 12.7. The predicted octanol–water partition coefficient (Wildman–Crippen LogP) is 2.49. The van der Waals surface area contributed by atoms with Gasteiger partial charge in [0.05, 0.1) is 17.7 Å². The molecule has 0 atom stereocenters. The maximum absolute atomic E-state index is 13.4. The van der Waals surface area contributed by atoms with Crippen molar-refractivity contribution in [3.63, 3.8) is 0 Å². The molecule has 0 saturated carbocycles. The largest absolute Gasteiger partial charge is 0.323 e. The summed E-state index contributed by atoms with van der Waals surface area (Å²) < 4.78 is 26.2. The van der Waals surface area contributed by atoms with Crippen LogP contribution in [0.3, 0.4) is 0 Å². The fraction of sp³-hybridized carbons (Fsp3) is 0.125. The molecule has 0 aliphatic carbocycles. The number of carbonyl (C=O) groups is 2. The van der Waals surface area contributed by atoms with Gasteiger partial charge in [-0.05, 0) is 31.2 Å². The first-order valence-corrected chi connectivity index (χ1v) is 6.94. The van der Waals surface area contributed by atoms with Crippen molar-refractivity contribution < 1.29 is 18.4 Å². The van der Waals surface area contributed by atoms with E-state index in [2.05, 4.69) is 20.8 Å². The van der Waals surface area contributed by atoms with Gasteiger partial charge in [-0.2, -0.15) is 5.10 Å². The summed E-state index contributed by atoms with van der Waals surface area (Å²) in [6.45, 7) is 1.53. The van der Waals surface area contributed by atoms with E-state index in [1.165, 1.54) is 19.3 Å². The molecular weight excluding hydrogens is 318 g/mol. The Kier molecular flexibility index (Phi) is 5.67. The molecule has 1 aromatic heterocycles. The van der Waals surface area contributed by atoms with Crippen LogP contribution in [-0.4, -0.2) is 22.5 Å². The number of hydrazone groups is 1. The van der Waals surface area contributed by atoms with E-state index < -0.39 is 23.4 Å². The Morgan fingerprint density at radius 1 is 1.25 bits per heavy atom. The normalized spacial score (nSPS) is 11.0. The molecule has 8 heteroatoms. The molecule has 0 unspecified atom stereocenters. The molecule has 1 heterocycles. The van der Waals surface area contributed by atoms with Crippen LogP contribution in [0.2, 0.25) is 0 Å². The van der Waals surface area contributed by atoms with Crippen LogP contribution in [0.25, 0.3) is 0 Å². The number of hydrogen-bond acceptors (Lipinski definition) is 4. The van der Waals surface area contributed by atoms with E-state index in [1.807, 2.05) is 0 Å². The van der Waals surface area contributed by atoms with Gasteiger partial charge in [0, 0.05) is 24.2 Å². The molecule has 124 valence electrons. The van der Waals surface area contributed by atoms with Gasteiger partial charge in [0.25, 0.3) is 5.91 Å². The van der Waals surface area contributed by atoms with Crippen LogP contribution < -0.4 is 10.7 Å². The molecule has 0 radical (unpaired) electrons. The van der Waals surface area contributed by atoms with Crippen LogP contribution in [0.1, 0.15) is 23.7 Å². The Morgan fingerprint density at radius 2 is 2.04 bits per heavy atom. The number of pyridine rings is 1. The SMILES string of the molecule is CC(CC(=O)Nc1ccc(F)cc1F)=NNC(=O)c1cccnc1. The maximum atomic E-state index is 13.4. The Balaban J connectivity index is 1.90. The lowest BCUT2D eigenvalue weighted by Crippen LogP contribution is -2.21. The number of nitrogens with zero attached hydrogens (tertiary/aromatic N) is 2. The minimum absolute atomic E-state index is 0.131. The van der Waals surface area contributed by atoms with Gasteiger partial charge in [-0.15, -0.1) is 0 Å². The summed E-state index contributed by atoms with van der Waals surface area (Å²) in [5.74, 6) is -2.62. The Morgan fingerprint density at radius 3 is 2.71 bits per heavy atom. The summed E-state index contributed by atoms with van der Waals surface area (Å²) in [6, 6.07) is 6.00. The molecule has 2 N–H and O–H groups in total. The third-order valence-corrected chi connectivity index (χ3v) is 2.89. The molecule has 2 aromatic rings. The molecule has 24 heavy (non-hydrogen) atoms. The summed E-state index contributed by atoms with van der Waals surface area (Å²) in [4.78, 5) is 27.4. The molecule has 0 fully saturated rings. The van der Waals surface area contributed by atoms with Crippen molar-refractivity contribution in [3.8, 4) is 0 Å². The standard InChI is InChI=1S/C16H14F2N4O2/c1-10(21-22-16(24)11-3-2-6-19-9-11)7-15(23)20-14-5-4-12(17)8-13(14)18/h2-6,8-9H,7H2,1H3,(H,20,23)(H,22,24). The number of halogens is 2. The number of benzene rings is 1. The van der Waals surface area contributed by atoms with E-state index in [0.29, 0.717) is 17.3 Å². The van der Waals surface area contributed by atoms with E-state index in [1.54, 1.807) is 12.1 Å². The number of nitrogens with one attached hydrogen (secondary N) is 2. The van der Waals surface area contributed by atoms with Gasteiger partial charge < -0.3 is 5.32 Å². The summed E-state index contributed by atoms with van der Waals surface area (Å²) in [5, 5.41) is 6.10. The summed E-state index contributed by atoms with van der Waals surface area (Å²) in [6.07, 6.45) is 2.75. The maximum Gasteiger partial charge on any atom is 0.272 e. The fourth-order valence-corrected chi connectivity index (χ4v) is 1.76. The highest BCUT2D eigenvalue weighted by Gasteiger charge is 2.10. The van der Waals surface area contributed by atoms with Crippen molar-refractivity contribution in [1.29, 1.82) is 0 Å². The molecular formula is C16H14F2N4O2. The number of anilines is 1. The first-order chi connectivity index (χ1) is 11.5. The van der Waals surface area contributed by atoms with E-state index in [0.717, 1.165) is 12.1 Å². The van der Waals surface area contributed by atoms with Crippen LogP contribution in [-0.2, 0) is 4.79 Å². The molecule has 2 rings (SSSR count). The lowest BCUT2D eigenvalue weighted by molar-refractivity contribution is -0.115. The lowest BCUT2D eigenvalue weighted by atomic mass is 10.2. The Bertz CT molecular complexity index is 779. The zero-order chi connectivity index (χ0) is 17.5. The Labute approximate surface area is 136 Å². The van der Waals surface area contributed by atoms with Gasteiger partial charge in [-0.25, -0.2) is 14.2 Å². The average Bonchev–Trinajstić information content (AvgIpc) is 2.56. The molecule has 0 aliphatic rings. The molecule has 2 amide bonds. The van der Waals surface area contributed by atoms with Gasteiger partial charge in [-0.1, -0.05) is 0 Å². The lowest BCUT2D eigenvalue weighted by Gasteiger charge is -2.06. The van der Waals surface area contributed by atoms with Gasteiger partial charge in [0.1, 0.15) is 11.6 Å². The molecule has 0 bridgehead atoms. The molecule has 0 saturated heterocycles. The molecule has 1 aromatic carbocycles. The van der Waals surface area contributed by atoms with E-state index in [9.17, 15) is 18.4 Å². The third-order valence-electron chi connectivity index (χ3n) is 2.89. The van der Waals surface area contributed by atoms with Crippen LogP contribution in [0.5, 0.6) is 0 Å². The second kappa shape index (κ2) is 7.91. The number of hydrogen-bond donors (Lipinski definition) is 2. The van der Waals surface area contributed by atoms with Crippen LogP contribution in [0, 0.1) is 11.6 Å². The number of carbonyl (C=O) groups excluding carboxylic acids is 2. The van der Waals surface area contributed by atoms with Crippen LogP contribution in [0.4, 0.5) is 14.5 Å². The van der Waals surface area contributed by atoms with E-state index in [4.69, 9.17) is 0 Å². The highest BCUT2D eigenvalue weighted by molar-refractivity contribution is 6.06. The monoisotopic (exact) mass is 332 g/mol. The van der Waals surface area contributed by atoms with Crippen molar-refractivity contribution in [2.45, 2.75) is 13.3 Å². The van der Waals surface area contributed by atoms with Crippen LogP contribution in [0.15, 0.2) is 47.8 Å². The molecule has 0 spiro atoms. The second-order valence-electron chi connectivity index (χ2n) is 4.88. The predicted molar refractivity (Wildman–Crippen MR) is 84.4 cm³/mol. The van der Waals surface area contributed by atoms with Gasteiger partial charge >= 0.3 is 0 Å². The summed E-state index contributed by atoms with van der Waals surface area (Å²) >= 11 is 0. The quantitative estimate of drug-likeness (QED) is 0.652. The van der Waals surface area contributed by atoms with Crippen molar-refractivity contribution in [1.82, 2.24) is 10.4 Å². The minimum atomic E-state index is -0.872. The van der Waals surface area contributed by atoms with Crippen molar-refractivity contribution >= 4 is 23.2 Å². The van der Waals surface area contributed by atoms with Gasteiger partial charge in [0.2, 0.25) is 5.91 Å². The average molecular weight is 332 g/mol. The highest BCUT2D eigenvalue weighted by Crippen LogP contribution is 2.15. The molecule has 6 nitrogen and oxygen atoms in total. The number of aromatic nitrogens is 1. The summed E-state index contributed by atoms with van der Waals surface area (Å²) in [7, 11) is 0. The minimum Gasteiger partial charge on any atom is -0.323 e. The number of rotatable bonds is 5. The summed E-state index contributed by atoms with van der Waals surface area (Å²) in [5.41, 5.74) is 2.80. The fourth-order valence-electron chi connectivity index (χ4n) is 1.76. The zero-order valence-corrected chi connectivity index (χ0v) is 12.7. The van der Waals surface area contributed by atoms with Gasteiger partial charge in [0.15, 0.2) is 0 Å².